The fraction of sp³-hybridized carbons (Fsp3) is 0.538. The largest absolute Gasteiger partial charge is 0.416 e. The Labute approximate surface area is 122 Å². The number of sulfonamides is 1. The zero-order chi connectivity index (χ0) is 16.3. The van der Waals surface area contributed by atoms with Crippen LogP contribution >= 0.6 is 0 Å². The Morgan fingerprint density at radius 1 is 1.29 bits per heavy atom. The minimum Gasteiger partial charge on any atom is -0.393 e. The predicted octanol–water partition coefficient (Wildman–Crippen LogP) is 2.24. The lowest BCUT2D eigenvalue weighted by molar-refractivity contribution is -0.138. The molecule has 21 heavy (non-hydrogen) atoms. The van der Waals surface area contributed by atoms with Gasteiger partial charge in [-0.15, -0.1) is 0 Å². The summed E-state index contributed by atoms with van der Waals surface area (Å²) < 4.78 is 63.6. The number of alkyl halides is 3. The lowest BCUT2D eigenvalue weighted by Crippen LogP contribution is -2.31. The van der Waals surface area contributed by atoms with Gasteiger partial charge in [-0.05, 0) is 25.0 Å². The lowest BCUT2D eigenvalue weighted by Gasteiger charge is -2.19. The van der Waals surface area contributed by atoms with E-state index in [9.17, 15) is 21.6 Å². The number of rotatable bonds is 6. The van der Waals surface area contributed by atoms with E-state index in [-0.39, 0.29) is 18.5 Å². The van der Waals surface area contributed by atoms with Crippen LogP contribution in [0.5, 0.6) is 0 Å². The summed E-state index contributed by atoms with van der Waals surface area (Å²) in [5.74, 6) is -0.723. The Kier molecular flexibility index (Phi) is 5.77. The van der Waals surface area contributed by atoms with Gasteiger partial charge < -0.3 is 5.11 Å². The van der Waals surface area contributed by atoms with E-state index < -0.39 is 33.6 Å². The molecule has 0 amide bonds. The van der Waals surface area contributed by atoms with Crippen molar-refractivity contribution in [2.75, 3.05) is 13.6 Å². The average molecular weight is 325 g/mol. The van der Waals surface area contributed by atoms with Crippen molar-refractivity contribution < 1.29 is 26.7 Å². The molecule has 1 atom stereocenters. The topological polar surface area (TPSA) is 57.6 Å². The fourth-order valence-corrected chi connectivity index (χ4v) is 2.99. The van der Waals surface area contributed by atoms with Crippen LogP contribution in [0.1, 0.15) is 24.5 Å². The first-order valence-electron chi connectivity index (χ1n) is 6.31. The van der Waals surface area contributed by atoms with Gasteiger partial charge in [-0.2, -0.15) is 13.2 Å². The van der Waals surface area contributed by atoms with E-state index >= 15 is 0 Å². The van der Waals surface area contributed by atoms with Gasteiger partial charge >= 0.3 is 6.18 Å². The van der Waals surface area contributed by atoms with E-state index in [1.165, 1.54) is 26.1 Å². The van der Waals surface area contributed by atoms with Gasteiger partial charge in [0.25, 0.3) is 0 Å². The molecule has 0 bridgehead atoms. The number of hydrogen-bond donors (Lipinski definition) is 1. The highest BCUT2D eigenvalue weighted by molar-refractivity contribution is 7.88. The number of nitrogens with zero attached hydrogens (tertiary/aromatic N) is 1. The van der Waals surface area contributed by atoms with Crippen molar-refractivity contribution in [1.82, 2.24) is 4.31 Å². The van der Waals surface area contributed by atoms with Gasteiger partial charge in [0.15, 0.2) is 0 Å². The maximum atomic E-state index is 12.8. The zero-order valence-corrected chi connectivity index (χ0v) is 12.6. The molecule has 1 unspecified atom stereocenters. The van der Waals surface area contributed by atoms with Crippen LogP contribution in [0.4, 0.5) is 13.2 Å². The normalized spacial score (nSPS) is 14.4. The van der Waals surface area contributed by atoms with E-state index in [1.807, 2.05) is 0 Å². The summed E-state index contributed by atoms with van der Waals surface area (Å²) in [4.78, 5) is 0. The van der Waals surface area contributed by atoms with E-state index in [0.29, 0.717) is 0 Å². The average Bonchev–Trinajstić information content (AvgIpc) is 2.34. The van der Waals surface area contributed by atoms with Crippen molar-refractivity contribution in [1.29, 1.82) is 0 Å². The van der Waals surface area contributed by atoms with Crippen LogP contribution in [0.25, 0.3) is 0 Å². The lowest BCUT2D eigenvalue weighted by atomic mass is 10.1. The second-order valence-electron chi connectivity index (χ2n) is 4.87. The monoisotopic (exact) mass is 325 g/mol. The summed E-state index contributed by atoms with van der Waals surface area (Å²) in [6, 6.07) is 4.61. The molecule has 1 aromatic carbocycles. The highest BCUT2D eigenvalue weighted by Crippen LogP contribution is 2.32. The van der Waals surface area contributed by atoms with Crippen molar-refractivity contribution in [3.8, 4) is 0 Å². The summed E-state index contributed by atoms with van der Waals surface area (Å²) in [5, 5.41) is 9.14. The molecule has 0 radical (unpaired) electrons. The molecule has 0 aliphatic heterocycles. The van der Waals surface area contributed by atoms with Crippen LogP contribution in [0.2, 0.25) is 0 Å². The van der Waals surface area contributed by atoms with Gasteiger partial charge in [0.2, 0.25) is 10.0 Å². The molecule has 0 spiro atoms. The maximum absolute atomic E-state index is 12.8. The third kappa shape index (κ3) is 5.29. The van der Waals surface area contributed by atoms with Gasteiger partial charge in [0, 0.05) is 13.6 Å². The van der Waals surface area contributed by atoms with Crippen LogP contribution in [0.3, 0.4) is 0 Å². The molecule has 0 fully saturated rings. The third-order valence-corrected chi connectivity index (χ3v) is 4.81. The van der Waals surface area contributed by atoms with Gasteiger partial charge in [-0.3, -0.25) is 0 Å². The molecule has 0 saturated heterocycles. The molecule has 0 aliphatic carbocycles. The number of aliphatic hydroxyl groups is 1. The quantitative estimate of drug-likeness (QED) is 0.873. The van der Waals surface area contributed by atoms with Crippen LogP contribution in [-0.4, -0.2) is 37.5 Å². The highest BCUT2D eigenvalue weighted by atomic mass is 32.2. The molecule has 4 nitrogen and oxygen atoms in total. The first-order chi connectivity index (χ1) is 9.54. The fourth-order valence-electron chi connectivity index (χ4n) is 1.74. The number of aliphatic hydroxyl groups excluding tert-OH is 1. The van der Waals surface area contributed by atoms with Crippen LogP contribution in [0.15, 0.2) is 24.3 Å². The Morgan fingerprint density at radius 3 is 2.38 bits per heavy atom. The van der Waals surface area contributed by atoms with Crippen LogP contribution < -0.4 is 0 Å². The molecule has 1 aromatic rings. The van der Waals surface area contributed by atoms with Gasteiger partial charge in [0.1, 0.15) is 0 Å². The van der Waals surface area contributed by atoms with E-state index in [4.69, 9.17) is 5.11 Å². The van der Waals surface area contributed by atoms with E-state index in [1.54, 1.807) is 0 Å². The Bertz CT molecular complexity index is 570. The van der Waals surface area contributed by atoms with Crippen molar-refractivity contribution >= 4 is 10.0 Å². The molecule has 120 valence electrons. The minimum absolute atomic E-state index is 0.0498. The van der Waals surface area contributed by atoms with Gasteiger partial charge in [-0.1, -0.05) is 18.2 Å². The Hall–Kier alpha value is -1.12. The molecular formula is C13H18F3NO3S. The number of hydrogen-bond acceptors (Lipinski definition) is 3. The molecule has 8 heteroatoms. The number of halogens is 3. The van der Waals surface area contributed by atoms with Crippen LogP contribution in [-0.2, 0) is 22.0 Å². The van der Waals surface area contributed by atoms with Crippen LogP contribution in [0, 0.1) is 0 Å². The molecule has 0 aliphatic rings. The van der Waals surface area contributed by atoms with E-state index in [0.717, 1.165) is 16.4 Å². The molecule has 1 N–H and O–H groups in total. The summed E-state index contributed by atoms with van der Waals surface area (Å²) in [7, 11) is -2.58. The molecule has 1 rings (SSSR count). The molecular weight excluding hydrogens is 307 g/mol. The zero-order valence-electron chi connectivity index (χ0n) is 11.8. The number of benzene rings is 1. The molecule has 0 saturated carbocycles. The standard InChI is InChI=1S/C13H18F3NO3S/c1-10(18)7-8-17(2)21(19,20)9-11-5-3-4-6-12(11)13(14,15)16/h3-6,10,18H,7-9H2,1-2H3. The summed E-state index contributed by atoms with van der Waals surface area (Å²) in [6.07, 6.45) is -5.05. The first kappa shape index (κ1) is 17.9. The molecule has 0 aromatic heterocycles. The minimum atomic E-state index is -4.59. The summed E-state index contributed by atoms with van der Waals surface area (Å²) in [5.41, 5.74) is -1.23. The van der Waals surface area contributed by atoms with Crippen molar-refractivity contribution in [3.63, 3.8) is 0 Å². The second-order valence-corrected chi connectivity index (χ2v) is 6.95. The first-order valence-corrected chi connectivity index (χ1v) is 7.92. The van der Waals surface area contributed by atoms with Crippen molar-refractivity contribution in [2.24, 2.45) is 0 Å². The van der Waals surface area contributed by atoms with Gasteiger partial charge in [-0.25, -0.2) is 12.7 Å². The maximum Gasteiger partial charge on any atom is 0.416 e. The third-order valence-electron chi connectivity index (χ3n) is 3.00. The van der Waals surface area contributed by atoms with Gasteiger partial charge in [0.05, 0.1) is 17.4 Å². The SMILES string of the molecule is CC(O)CCN(C)S(=O)(=O)Cc1ccccc1C(F)(F)F. The predicted molar refractivity (Wildman–Crippen MR) is 73.0 cm³/mol. The Morgan fingerprint density at radius 2 is 1.86 bits per heavy atom. The summed E-state index contributed by atoms with van der Waals surface area (Å²) in [6.45, 7) is 1.56. The van der Waals surface area contributed by atoms with E-state index in [2.05, 4.69) is 0 Å². The second kappa shape index (κ2) is 6.76. The Balaban J connectivity index is 2.95. The highest BCUT2D eigenvalue weighted by Gasteiger charge is 2.34. The van der Waals surface area contributed by atoms with Crippen molar-refractivity contribution in [3.05, 3.63) is 35.4 Å². The summed E-state index contributed by atoms with van der Waals surface area (Å²) >= 11 is 0. The van der Waals surface area contributed by atoms with Crippen molar-refractivity contribution in [2.45, 2.75) is 31.4 Å². The molecule has 0 heterocycles. The smallest absolute Gasteiger partial charge is 0.393 e.